The summed E-state index contributed by atoms with van der Waals surface area (Å²) in [5.74, 6) is 0.844. The predicted molar refractivity (Wildman–Crippen MR) is 87.4 cm³/mol. The first-order valence-electron chi connectivity index (χ1n) is 7.37. The minimum Gasteiger partial charge on any atom is -0.318 e. The van der Waals surface area contributed by atoms with Crippen LogP contribution in [0.25, 0.3) is 0 Å². The smallest absolute Gasteiger partial charge is 0.282 e. The van der Waals surface area contributed by atoms with Gasteiger partial charge in [-0.2, -0.15) is 28.8 Å². The second-order valence-corrected chi connectivity index (χ2v) is 8.21. The zero-order valence-corrected chi connectivity index (χ0v) is 14.8. The topological polar surface area (TPSA) is 52.7 Å². The molecule has 0 aliphatic carbocycles. The van der Waals surface area contributed by atoms with E-state index in [0.717, 1.165) is 38.0 Å². The molecule has 0 aromatic rings. The third kappa shape index (κ3) is 4.34. The molecule has 0 aromatic heterocycles. The lowest BCUT2D eigenvalue weighted by molar-refractivity contribution is 0.226. The normalized spacial score (nSPS) is 23.1. The van der Waals surface area contributed by atoms with E-state index in [4.69, 9.17) is 0 Å². The van der Waals surface area contributed by atoms with E-state index in [1.54, 1.807) is 27.4 Å². The minimum absolute atomic E-state index is 0.0761. The third-order valence-electron chi connectivity index (χ3n) is 4.02. The van der Waals surface area contributed by atoms with Crippen molar-refractivity contribution in [1.82, 2.24) is 13.9 Å². The third-order valence-corrected chi connectivity index (χ3v) is 6.84. The first kappa shape index (κ1) is 18.2. The van der Waals surface area contributed by atoms with Crippen molar-refractivity contribution in [3.63, 3.8) is 0 Å². The van der Waals surface area contributed by atoms with Gasteiger partial charge in [-0.3, -0.25) is 0 Å². The Morgan fingerprint density at radius 2 is 2.15 bits per heavy atom. The van der Waals surface area contributed by atoms with E-state index in [-0.39, 0.29) is 12.1 Å². The molecule has 1 fully saturated rings. The Labute approximate surface area is 128 Å². The Bertz CT molecular complexity index is 374. The second kappa shape index (κ2) is 8.58. The Morgan fingerprint density at radius 1 is 1.45 bits per heavy atom. The SMILES string of the molecule is CCC(CSC)N(C)S(=O)(=O)N1CCCCC1CNC. The van der Waals surface area contributed by atoms with Gasteiger partial charge in [0, 0.05) is 38.0 Å². The van der Waals surface area contributed by atoms with Crippen molar-refractivity contribution in [2.75, 3.05) is 39.2 Å². The van der Waals surface area contributed by atoms with Crippen molar-refractivity contribution < 1.29 is 8.42 Å². The van der Waals surface area contributed by atoms with Crippen LogP contribution < -0.4 is 5.32 Å². The zero-order valence-electron chi connectivity index (χ0n) is 13.1. The number of rotatable bonds is 8. The molecule has 7 heteroatoms. The van der Waals surface area contributed by atoms with Crippen LogP contribution in [0.1, 0.15) is 32.6 Å². The van der Waals surface area contributed by atoms with Crippen LogP contribution >= 0.6 is 11.8 Å². The highest BCUT2D eigenvalue weighted by atomic mass is 32.2. The largest absolute Gasteiger partial charge is 0.318 e. The highest BCUT2D eigenvalue weighted by Gasteiger charge is 2.36. The van der Waals surface area contributed by atoms with Crippen molar-refractivity contribution in [2.24, 2.45) is 0 Å². The summed E-state index contributed by atoms with van der Waals surface area (Å²) in [4.78, 5) is 0. The highest BCUT2D eigenvalue weighted by Crippen LogP contribution is 2.24. The van der Waals surface area contributed by atoms with Gasteiger partial charge in [0.25, 0.3) is 10.2 Å². The molecular formula is C13H29N3O2S2. The van der Waals surface area contributed by atoms with Crippen molar-refractivity contribution >= 4 is 22.0 Å². The predicted octanol–water partition coefficient (Wildman–Crippen LogP) is 1.38. The van der Waals surface area contributed by atoms with Gasteiger partial charge in [-0.1, -0.05) is 13.3 Å². The van der Waals surface area contributed by atoms with Gasteiger partial charge in [0.1, 0.15) is 0 Å². The molecule has 0 spiro atoms. The Kier molecular flexibility index (Phi) is 7.82. The molecular weight excluding hydrogens is 294 g/mol. The van der Waals surface area contributed by atoms with E-state index in [9.17, 15) is 8.42 Å². The van der Waals surface area contributed by atoms with Crippen LogP contribution in [-0.4, -0.2) is 68.3 Å². The molecule has 5 nitrogen and oxygen atoms in total. The molecule has 0 saturated carbocycles. The molecule has 1 aliphatic heterocycles. The number of hydrogen-bond donors (Lipinski definition) is 1. The highest BCUT2D eigenvalue weighted by molar-refractivity contribution is 7.98. The van der Waals surface area contributed by atoms with Crippen LogP contribution in [0.4, 0.5) is 0 Å². The molecule has 1 N–H and O–H groups in total. The van der Waals surface area contributed by atoms with E-state index in [0.29, 0.717) is 6.54 Å². The maximum atomic E-state index is 12.9. The summed E-state index contributed by atoms with van der Waals surface area (Å²) in [6.45, 7) is 3.43. The molecule has 20 heavy (non-hydrogen) atoms. The maximum absolute atomic E-state index is 12.9. The molecule has 0 bridgehead atoms. The van der Waals surface area contributed by atoms with E-state index in [1.165, 1.54) is 0 Å². The summed E-state index contributed by atoms with van der Waals surface area (Å²) >= 11 is 1.70. The van der Waals surface area contributed by atoms with Crippen LogP contribution in [0.5, 0.6) is 0 Å². The second-order valence-electron chi connectivity index (χ2n) is 5.36. The first-order valence-corrected chi connectivity index (χ1v) is 10.2. The van der Waals surface area contributed by atoms with Crippen molar-refractivity contribution in [3.8, 4) is 0 Å². The quantitative estimate of drug-likeness (QED) is 0.733. The average molecular weight is 324 g/mol. The van der Waals surface area contributed by atoms with Crippen LogP contribution in [0.15, 0.2) is 0 Å². The standard InChI is InChI=1S/C13H29N3O2S2/c1-5-12(11-19-4)15(3)20(17,18)16-9-7-6-8-13(16)10-14-2/h12-14H,5-11H2,1-4H3. The molecule has 1 saturated heterocycles. The maximum Gasteiger partial charge on any atom is 0.282 e. The van der Waals surface area contributed by atoms with Gasteiger partial charge in [-0.25, -0.2) is 0 Å². The monoisotopic (exact) mass is 323 g/mol. The van der Waals surface area contributed by atoms with Gasteiger partial charge in [0.05, 0.1) is 0 Å². The molecule has 120 valence electrons. The summed E-state index contributed by atoms with van der Waals surface area (Å²) in [6.07, 6.45) is 5.90. The molecule has 1 aliphatic rings. The van der Waals surface area contributed by atoms with Gasteiger partial charge in [-0.15, -0.1) is 0 Å². The van der Waals surface area contributed by atoms with Gasteiger partial charge in [0.2, 0.25) is 0 Å². The van der Waals surface area contributed by atoms with Gasteiger partial charge in [0.15, 0.2) is 0 Å². The minimum atomic E-state index is -3.35. The lowest BCUT2D eigenvalue weighted by atomic mass is 10.1. The number of piperidine rings is 1. The fraction of sp³-hybridized carbons (Fsp3) is 1.00. The molecule has 0 radical (unpaired) electrons. The van der Waals surface area contributed by atoms with Gasteiger partial charge in [-0.05, 0) is 32.6 Å². The molecule has 0 amide bonds. The molecule has 2 atom stereocenters. The van der Waals surface area contributed by atoms with Crippen molar-refractivity contribution in [2.45, 2.75) is 44.7 Å². The van der Waals surface area contributed by atoms with Crippen LogP contribution in [0.3, 0.4) is 0 Å². The lowest BCUT2D eigenvalue weighted by Gasteiger charge is -2.39. The van der Waals surface area contributed by atoms with Crippen molar-refractivity contribution in [3.05, 3.63) is 0 Å². The Hall–Kier alpha value is 0.180. The number of nitrogens with zero attached hydrogens (tertiary/aromatic N) is 2. The molecule has 0 aromatic carbocycles. The van der Waals surface area contributed by atoms with Crippen LogP contribution in [0, 0.1) is 0 Å². The number of nitrogens with one attached hydrogen (secondary N) is 1. The molecule has 2 unspecified atom stereocenters. The van der Waals surface area contributed by atoms with E-state index >= 15 is 0 Å². The average Bonchev–Trinajstić information content (AvgIpc) is 2.44. The summed E-state index contributed by atoms with van der Waals surface area (Å²) in [5.41, 5.74) is 0. The first-order chi connectivity index (χ1) is 9.48. The molecule has 1 heterocycles. The van der Waals surface area contributed by atoms with E-state index in [2.05, 4.69) is 5.32 Å². The lowest BCUT2D eigenvalue weighted by Crippen LogP contribution is -2.54. The summed E-state index contributed by atoms with van der Waals surface area (Å²) in [7, 11) is 0.254. The van der Waals surface area contributed by atoms with Gasteiger partial charge >= 0.3 is 0 Å². The fourth-order valence-corrected chi connectivity index (χ4v) is 5.53. The summed E-state index contributed by atoms with van der Waals surface area (Å²) in [5, 5.41) is 3.12. The van der Waals surface area contributed by atoms with Crippen LogP contribution in [-0.2, 0) is 10.2 Å². The van der Waals surface area contributed by atoms with E-state index in [1.807, 2.05) is 20.2 Å². The molecule has 1 rings (SSSR count). The number of likely N-dealkylation sites (N-methyl/N-ethyl adjacent to an activating group) is 1. The Morgan fingerprint density at radius 3 is 2.70 bits per heavy atom. The van der Waals surface area contributed by atoms with E-state index < -0.39 is 10.2 Å². The zero-order chi connectivity index (χ0) is 15.2. The summed E-state index contributed by atoms with van der Waals surface area (Å²) < 4.78 is 29.0. The van der Waals surface area contributed by atoms with Crippen LogP contribution in [0.2, 0.25) is 0 Å². The van der Waals surface area contributed by atoms with Crippen molar-refractivity contribution in [1.29, 1.82) is 0 Å². The Balaban J connectivity index is 2.88. The number of hydrogen-bond acceptors (Lipinski definition) is 4. The number of thioether (sulfide) groups is 1. The summed E-state index contributed by atoms with van der Waals surface area (Å²) in [6, 6.07) is 0.167. The van der Waals surface area contributed by atoms with Gasteiger partial charge < -0.3 is 5.32 Å². The fourth-order valence-electron chi connectivity index (χ4n) is 2.74.